The highest BCUT2D eigenvalue weighted by Crippen LogP contribution is 2.27. The van der Waals surface area contributed by atoms with Gasteiger partial charge in [-0.2, -0.15) is 5.10 Å². The number of urea groups is 1. The van der Waals surface area contributed by atoms with Crippen LogP contribution in [-0.2, 0) is 13.1 Å². The summed E-state index contributed by atoms with van der Waals surface area (Å²) in [5.41, 5.74) is 2.91. The number of amides is 2. The molecule has 1 fully saturated rings. The SMILES string of the molecule is CCn1c(C2CCN(C(=O)Nc3cccc(C)c3)CC2)nn(Cc2ccccc2)c1=O. The first-order valence-electron chi connectivity index (χ1n) is 10.9. The number of anilines is 1. The van der Waals surface area contributed by atoms with Crippen LogP contribution in [0.5, 0.6) is 0 Å². The molecular formula is C24H29N5O2. The number of carbonyl (C=O) groups excluding carboxylic acids is 1. The Kier molecular flexibility index (Phi) is 6.21. The number of carbonyl (C=O) groups is 1. The van der Waals surface area contributed by atoms with Crippen molar-refractivity contribution in [3.8, 4) is 0 Å². The Labute approximate surface area is 182 Å². The molecule has 7 heteroatoms. The summed E-state index contributed by atoms with van der Waals surface area (Å²) < 4.78 is 3.33. The number of hydrogen-bond donors (Lipinski definition) is 1. The molecule has 1 aliphatic rings. The lowest BCUT2D eigenvalue weighted by molar-refractivity contribution is 0.192. The van der Waals surface area contributed by atoms with Crippen molar-refractivity contribution in [1.29, 1.82) is 0 Å². The zero-order valence-corrected chi connectivity index (χ0v) is 18.1. The summed E-state index contributed by atoms with van der Waals surface area (Å²) >= 11 is 0. The van der Waals surface area contributed by atoms with Crippen LogP contribution in [0.25, 0.3) is 0 Å². The Morgan fingerprint density at radius 2 is 1.84 bits per heavy atom. The van der Waals surface area contributed by atoms with Gasteiger partial charge in [0.15, 0.2) is 0 Å². The molecule has 0 unspecified atom stereocenters. The number of nitrogens with one attached hydrogen (secondary N) is 1. The molecule has 0 aliphatic carbocycles. The Bertz CT molecular complexity index is 1090. The molecule has 3 aromatic rings. The smallest absolute Gasteiger partial charge is 0.324 e. The second kappa shape index (κ2) is 9.20. The highest BCUT2D eigenvalue weighted by molar-refractivity contribution is 5.89. The van der Waals surface area contributed by atoms with Crippen LogP contribution in [0.3, 0.4) is 0 Å². The number of aryl methyl sites for hydroxylation is 1. The van der Waals surface area contributed by atoms with Gasteiger partial charge in [0.2, 0.25) is 0 Å². The first kappa shape index (κ1) is 20.9. The van der Waals surface area contributed by atoms with E-state index >= 15 is 0 Å². The van der Waals surface area contributed by atoms with Gasteiger partial charge in [0.1, 0.15) is 5.82 Å². The fraction of sp³-hybridized carbons (Fsp3) is 0.375. The van der Waals surface area contributed by atoms with Crippen LogP contribution in [0, 0.1) is 6.92 Å². The van der Waals surface area contributed by atoms with Crippen molar-refractivity contribution < 1.29 is 4.79 Å². The molecule has 0 atom stereocenters. The Balaban J connectivity index is 1.43. The Morgan fingerprint density at radius 1 is 1.10 bits per heavy atom. The highest BCUT2D eigenvalue weighted by atomic mass is 16.2. The van der Waals surface area contributed by atoms with Gasteiger partial charge < -0.3 is 10.2 Å². The van der Waals surface area contributed by atoms with Crippen LogP contribution in [0.15, 0.2) is 59.4 Å². The number of hydrogen-bond acceptors (Lipinski definition) is 3. The highest BCUT2D eigenvalue weighted by Gasteiger charge is 2.28. The first-order valence-corrected chi connectivity index (χ1v) is 10.9. The second-order valence-corrected chi connectivity index (χ2v) is 8.09. The van der Waals surface area contributed by atoms with Crippen molar-refractivity contribution in [2.45, 2.75) is 45.7 Å². The van der Waals surface area contributed by atoms with E-state index in [0.29, 0.717) is 26.2 Å². The molecular weight excluding hydrogens is 390 g/mol. The number of rotatable bonds is 5. The maximum absolute atomic E-state index is 12.9. The molecule has 162 valence electrons. The van der Waals surface area contributed by atoms with E-state index in [2.05, 4.69) is 5.32 Å². The fourth-order valence-electron chi connectivity index (χ4n) is 4.18. The van der Waals surface area contributed by atoms with Crippen molar-refractivity contribution >= 4 is 11.7 Å². The van der Waals surface area contributed by atoms with E-state index in [1.165, 1.54) is 0 Å². The Morgan fingerprint density at radius 3 is 2.52 bits per heavy atom. The van der Waals surface area contributed by atoms with Crippen LogP contribution in [0.1, 0.15) is 42.6 Å². The van der Waals surface area contributed by atoms with Crippen molar-refractivity contribution in [3.63, 3.8) is 0 Å². The van der Waals surface area contributed by atoms with Gasteiger partial charge >= 0.3 is 11.7 Å². The van der Waals surface area contributed by atoms with Crippen molar-refractivity contribution in [2.24, 2.45) is 0 Å². The molecule has 1 aliphatic heterocycles. The summed E-state index contributed by atoms with van der Waals surface area (Å²) in [5.74, 6) is 1.01. The first-order chi connectivity index (χ1) is 15.0. The maximum atomic E-state index is 12.9. The molecule has 2 heterocycles. The van der Waals surface area contributed by atoms with E-state index in [9.17, 15) is 9.59 Å². The molecule has 0 bridgehead atoms. The predicted molar refractivity (Wildman–Crippen MR) is 121 cm³/mol. The summed E-state index contributed by atoms with van der Waals surface area (Å²) in [4.78, 5) is 27.3. The minimum absolute atomic E-state index is 0.0685. The van der Waals surface area contributed by atoms with E-state index in [1.807, 2.05) is 73.3 Å². The van der Waals surface area contributed by atoms with Gasteiger partial charge in [0.25, 0.3) is 0 Å². The molecule has 1 saturated heterocycles. The monoisotopic (exact) mass is 419 g/mol. The lowest BCUT2D eigenvalue weighted by Crippen LogP contribution is -2.41. The van der Waals surface area contributed by atoms with Crippen molar-refractivity contribution in [3.05, 3.63) is 82.0 Å². The molecule has 4 rings (SSSR count). The van der Waals surface area contributed by atoms with Crippen LogP contribution in [-0.4, -0.2) is 38.4 Å². The molecule has 2 amide bonds. The minimum Gasteiger partial charge on any atom is -0.324 e. The molecule has 1 aromatic heterocycles. The standard InChI is InChI=1S/C24H29N5O2/c1-3-28-22(26-29(24(28)31)17-19-9-5-4-6-10-19)20-12-14-27(15-13-20)23(30)25-21-11-7-8-18(2)16-21/h4-11,16,20H,3,12-15,17H2,1-2H3,(H,25,30). The van der Waals surface area contributed by atoms with Gasteiger partial charge in [-0.05, 0) is 49.9 Å². The van der Waals surface area contributed by atoms with Gasteiger partial charge in [0.05, 0.1) is 6.54 Å². The minimum atomic E-state index is -0.0773. The molecule has 0 radical (unpaired) electrons. The topological polar surface area (TPSA) is 72.2 Å². The van der Waals surface area contributed by atoms with E-state index in [0.717, 1.165) is 35.5 Å². The third-order valence-electron chi connectivity index (χ3n) is 5.86. The number of nitrogens with zero attached hydrogens (tertiary/aromatic N) is 4. The predicted octanol–water partition coefficient (Wildman–Crippen LogP) is 3.83. The summed E-state index contributed by atoms with van der Waals surface area (Å²) in [6, 6.07) is 17.6. The van der Waals surface area contributed by atoms with E-state index in [4.69, 9.17) is 5.10 Å². The number of piperidine rings is 1. The lowest BCUT2D eigenvalue weighted by Gasteiger charge is -2.31. The molecule has 7 nitrogen and oxygen atoms in total. The number of benzene rings is 2. The van der Waals surface area contributed by atoms with Crippen molar-refractivity contribution in [1.82, 2.24) is 19.2 Å². The fourth-order valence-corrected chi connectivity index (χ4v) is 4.18. The van der Waals surface area contributed by atoms with E-state index < -0.39 is 0 Å². The normalized spacial score (nSPS) is 14.6. The van der Waals surface area contributed by atoms with E-state index in [1.54, 1.807) is 9.25 Å². The Hall–Kier alpha value is -3.35. The molecule has 0 spiro atoms. The van der Waals surface area contributed by atoms with Gasteiger partial charge in [0, 0.05) is 31.2 Å². The second-order valence-electron chi connectivity index (χ2n) is 8.09. The van der Waals surface area contributed by atoms with Gasteiger partial charge in [-0.25, -0.2) is 14.3 Å². The van der Waals surface area contributed by atoms with Crippen LogP contribution in [0.2, 0.25) is 0 Å². The summed E-state index contributed by atoms with van der Waals surface area (Å²) in [5, 5.41) is 7.68. The third-order valence-corrected chi connectivity index (χ3v) is 5.86. The molecule has 0 saturated carbocycles. The lowest BCUT2D eigenvalue weighted by atomic mass is 9.96. The number of aromatic nitrogens is 3. The summed E-state index contributed by atoms with van der Waals surface area (Å²) in [6.45, 7) is 6.33. The summed E-state index contributed by atoms with van der Waals surface area (Å²) in [6.07, 6.45) is 1.59. The summed E-state index contributed by atoms with van der Waals surface area (Å²) in [7, 11) is 0. The van der Waals surface area contributed by atoms with E-state index in [-0.39, 0.29) is 17.6 Å². The van der Waals surface area contributed by atoms with Gasteiger partial charge in [-0.1, -0.05) is 42.5 Å². The maximum Gasteiger partial charge on any atom is 0.346 e. The third kappa shape index (κ3) is 4.71. The molecule has 2 aromatic carbocycles. The van der Waals surface area contributed by atoms with Crippen LogP contribution in [0.4, 0.5) is 10.5 Å². The average Bonchev–Trinajstić information content (AvgIpc) is 3.09. The largest absolute Gasteiger partial charge is 0.346 e. The quantitative estimate of drug-likeness (QED) is 0.683. The van der Waals surface area contributed by atoms with Gasteiger partial charge in [-0.15, -0.1) is 0 Å². The van der Waals surface area contributed by atoms with Crippen LogP contribution >= 0.6 is 0 Å². The average molecular weight is 420 g/mol. The van der Waals surface area contributed by atoms with Crippen molar-refractivity contribution in [2.75, 3.05) is 18.4 Å². The number of likely N-dealkylation sites (tertiary alicyclic amines) is 1. The van der Waals surface area contributed by atoms with Crippen LogP contribution < -0.4 is 11.0 Å². The zero-order valence-electron chi connectivity index (χ0n) is 18.1. The molecule has 31 heavy (non-hydrogen) atoms. The molecule has 1 N–H and O–H groups in total. The zero-order chi connectivity index (χ0) is 21.8. The van der Waals surface area contributed by atoms with Gasteiger partial charge in [-0.3, -0.25) is 4.57 Å².